The average molecular weight is 238 g/mol. The van der Waals surface area contributed by atoms with Gasteiger partial charge in [0, 0.05) is 12.1 Å². The van der Waals surface area contributed by atoms with Crippen LogP contribution >= 0.6 is 0 Å². The topological polar surface area (TPSA) is 41.1 Å². The van der Waals surface area contributed by atoms with Crippen molar-refractivity contribution in [2.75, 3.05) is 6.54 Å². The molecule has 0 aromatic rings. The van der Waals surface area contributed by atoms with Crippen LogP contribution in [-0.2, 0) is 4.79 Å². The van der Waals surface area contributed by atoms with Crippen molar-refractivity contribution in [2.24, 2.45) is 0 Å². The molecule has 1 amide bonds. The normalized spacial score (nSPS) is 23.9. The average Bonchev–Trinajstić information content (AvgIpc) is 2.16. The fourth-order valence-electron chi connectivity index (χ4n) is 1.89. The summed E-state index contributed by atoms with van der Waals surface area (Å²) >= 11 is 0. The van der Waals surface area contributed by atoms with E-state index in [0.717, 1.165) is 25.8 Å². The minimum atomic E-state index is -4.43. The van der Waals surface area contributed by atoms with Crippen LogP contribution in [0.3, 0.4) is 0 Å². The Morgan fingerprint density at radius 3 is 2.69 bits per heavy atom. The van der Waals surface area contributed by atoms with Crippen molar-refractivity contribution in [3.05, 3.63) is 0 Å². The van der Waals surface area contributed by atoms with Gasteiger partial charge in [0.2, 0.25) is 5.91 Å². The molecule has 1 aliphatic heterocycles. The molecule has 0 saturated carbocycles. The summed E-state index contributed by atoms with van der Waals surface area (Å²) in [5.41, 5.74) is 0. The molecule has 1 heterocycles. The molecule has 94 valence electrons. The van der Waals surface area contributed by atoms with E-state index in [1.54, 1.807) is 6.92 Å². The molecule has 2 N–H and O–H groups in total. The molecule has 0 bridgehead atoms. The molecule has 1 fully saturated rings. The summed E-state index contributed by atoms with van der Waals surface area (Å²) in [6.45, 7) is 2.60. The molecule has 0 radical (unpaired) electrons. The van der Waals surface area contributed by atoms with Crippen LogP contribution in [0.25, 0.3) is 0 Å². The number of hydrogen-bond donors (Lipinski definition) is 2. The van der Waals surface area contributed by atoms with E-state index in [9.17, 15) is 18.0 Å². The summed E-state index contributed by atoms with van der Waals surface area (Å²) in [5.74, 6) is -0.952. The predicted octanol–water partition coefficient (Wildman–Crippen LogP) is 1.59. The molecule has 0 aliphatic carbocycles. The molecule has 0 aromatic carbocycles. The van der Waals surface area contributed by atoms with E-state index in [2.05, 4.69) is 10.6 Å². The van der Waals surface area contributed by atoms with Crippen LogP contribution in [-0.4, -0.2) is 30.7 Å². The fourth-order valence-corrected chi connectivity index (χ4v) is 1.89. The molecule has 3 nitrogen and oxygen atoms in total. The number of hydrogen-bond acceptors (Lipinski definition) is 2. The van der Waals surface area contributed by atoms with Crippen LogP contribution in [0.1, 0.15) is 32.6 Å². The van der Waals surface area contributed by atoms with Gasteiger partial charge in [-0.1, -0.05) is 6.42 Å². The molecular weight excluding hydrogens is 221 g/mol. The van der Waals surface area contributed by atoms with Gasteiger partial charge >= 0.3 is 6.18 Å². The van der Waals surface area contributed by atoms with E-state index in [0.29, 0.717) is 0 Å². The highest BCUT2D eigenvalue weighted by Crippen LogP contribution is 2.19. The molecular formula is C10H17F3N2O. The van der Waals surface area contributed by atoms with Crippen molar-refractivity contribution in [2.45, 2.75) is 50.9 Å². The summed E-state index contributed by atoms with van der Waals surface area (Å²) < 4.78 is 35.8. The Morgan fingerprint density at radius 1 is 1.50 bits per heavy atom. The SMILES string of the molecule is CC(NC(=O)CC(F)(F)F)C1CCCCN1. The maximum absolute atomic E-state index is 11.9. The predicted molar refractivity (Wildman–Crippen MR) is 53.9 cm³/mol. The summed E-state index contributed by atoms with van der Waals surface area (Å²) in [5, 5.41) is 5.58. The third-order valence-corrected chi connectivity index (χ3v) is 2.70. The van der Waals surface area contributed by atoms with Crippen molar-refractivity contribution in [3.63, 3.8) is 0 Å². The molecule has 0 spiro atoms. The highest BCUT2D eigenvalue weighted by molar-refractivity contribution is 5.76. The Bertz CT molecular complexity index is 237. The molecule has 16 heavy (non-hydrogen) atoms. The van der Waals surface area contributed by atoms with Crippen molar-refractivity contribution in [3.8, 4) is 0 Å². The number of amides is 1. The second kappa shape index (κ2) is 5.52. The van der Waals surface area contributed by atoms with E-state index in [4.69, 9.17) is 0 Å². The summed E-state index contributed by atoms with van der Waals surface area (Å²) in [6, 6.07) is -0.166. The molecule has 1 rings (SSSR count). The summed E-state index contributed by atoms with van der Waals surface area (Å²) in [6.07, 6.45) is -2.79. The van der Waals surface area contributed by atoms with Crippen molar-refractivity contribution in [1.29, 1.82) is 0 Å². The van der Waals surface area contributed by atoms with E-state index >= 15 is 0 Å². The van der Waals surface area contributed by atoms with Crippen molar-refractivity contribution in [1.82, 2.24) is 10.6 Å². The molecule has 1 aliphatic rings. The second-order valence-corrected chi connectivity index (χ2v) is 4.20. The standard InChI is InChI=1S/C10H17F3N2O/c1-7(8-4-2-3-5-14-8)15-9(16)6-10(11,12)13/h7-8,14H,2-6H2,1H3,(H,15,16). The van der Waals surface area contributed by atoms with Gasteiger partial charge in [-0.2, -0.15) is 13.2 Å². The first-order chi connectivity index (χ1) is 7.38. The number of rotatable bonds is 3. The van der Waals surface area contributed by atoms with Crippen LogP contribution in [0.2, 0.25) is 0 Å². The second-order valence-electron chi connectivity index (χ2n) is 4.20. The lowest BCUT2D eigenvalue weighted by atomic mass is 9.99. The molecule has 6 heteroatoms. The number of carbonyl (C=O) groups is 1. The van der Waals surface area contributed by atoms with Crippen LogP contribution in [0, 0.1) is 0 Å². The van der Waals surface area contributed by atoms with Gasteiger partial charge in [0.25, 0.3) is 0 Å². The zero-order valence-corrected chi connectivity index (χ0v) is 9.23. The number of piperidine rings is 1. The smallest absolute Gasteiger partial charge is 0.352 e. The van der Waals surface area contributed by atoms with Crippen LogP contribution in [0.4, 0.5) is 13.2 Å². The van der Waals surface area contributed by atoms with Gasteiger partial charge in [0.05, 0.1) is 0 Å². The third-order valence-electron chi connectivity index (χ3n) is 2.70. The zero-order chi connectivity index (χ0) is 12.2. The number of halogens is 3. The van der Waals surface area contributed by atoms with Gasteiger partial charge in [0.1, 0.15) is 6.42 Å². The molecule has 0 aromatic heterocycles. The Kier molecular flexibility index (Phi) is 4.58. The lowest BCUT2D eigenvalue weighted by molar-refractivity contribution is -0.154. The Morgan fingerprint density at radius 2 is 2.19 bits per heavy atom. The van der Waals surface area contributed by atoms with Gasteiger partial charge in [-0.15, -0.1) is 0 Å². The van der Waals surface area contributed by atoms with Gasteiger partial charge in [-0.25, -0.2) is 0 Å². The highest BCUT2D eigenvalue weighted by atomic mass is 19.4. The maximum atomic E-state index is 11.9. The third kappa shape index (κ3) is 4.83. The van der Waals surface area contributed by atoms with E-state index in [-0.39, 0.29) is 12.1 Å². The lowest BCUT2D eigenvalue weighted by Gasteiger charge is -2.29. The van der Waals surface area contributed by atoms with Gasteiger partial charge in [-0.3, -0.25) is 4.79 Å². The first-order valence-electron chi connectivity index (χ1n) is 5.48. The molecule has 1 saturated heterocycles. The van der Waals surface area contributed by atoms with Crippen molar-refractivity contribution < 1.29 is 18.0 Å². The number of nitrogens with one attached hydrogen (secondary N) is 2. The minimum Gasteiger partial charge on any atom is -0.352 e. The molecule has 2 unspecified atom stereocenters. The lowest BCUT2D eigenvalue weighted by Crippen LogP contribution is -2.50. The van der Waals surface area contributed by atoms with Crippen molar-refractivity contribution >= 4 is 5.91 Å². The van der Waals surface area contributed by atoms with Crippen LogP contribution in [0.5, 0.6) is 0 Å². The minimum absolute atomic E-state index is 0.0888. The summed E-state index contributed by atoms with van der Waals surface area (Å²) in [7, 11) is 0. The number of alkyl halides is 3. The maximum Gasteiger partial charge on any atom is 0.397 e. The van der Waals surface area contributed by atoms with E-state index in [1.807, 2.05) is 0 Å². The van der Waals surface area contributed by atoms with Gasteiger partial charge < -0.3 is 10.6 Å². The first-order valence-corrected chi connectivity index (χ1v) is 5.48. The largest absolute Gasteiger partial charge is 0.397 e. The fraction of sp³-hybridized carbons (Fsp3) is 0.900. The van der Waals surface area contributed by atoms with Crippen LogP contribution < -0.4 is 10.6 Å². The quantitative estimate of drug-likeness (QED) is 0.784. The van der Waals surface area contributed by atoms with Gasteiger partial charge in [-0.05, 0) is 26.3 Å². The monoisotopic (exact) mass is 238 g/mol. The Hall–Kier alpha value is -0.780. The Balaban J connectivity index is 2.32. The zero-order valence-electron chi connectivity index (χ0n) is 9.23. The van der Waals surface area contributed by atoms with Gasteiger partial charge in [0.15, 0.2) is 0 Å². The summed E-state index contributed by atoms with van der Waals surface area (Å²) in [4.78, 5) is 11.1. The Labute approximate surface area is 92.8 Å². The highest BCUT2D eigenvalue weighted by Gasteiger charge is 2.32. The van der Waals surface area contributed by atoms with E-state index in [1.165, 1.54) is 0 Å². The number of carbonyl (C=O) groups excluding carboxylic acids is 1. The van der Waals surface area contributed by atoms with Crippen LogP contribution in [0.15, 0.2) is 0 Å². The first kappa shape index (κ1) is 13.3. The molecule has 2 atom stereocenters. The van der Waals surface area contributed by atoms with E-state index < -0.39 is 18.5 Å².